The van der Waals surface area contributed by atoms with E-state index < -0.39 is 18.1 Å². The van der Waals surface area contributed by atoms with Gasteiger partial charge in [-0.3, -0.25) is 4.79 Å². The number of nitrogens with one attached hydrogen (secondary N) is 1. The molecule has 0 aliphatic carbocycles. The third-order valence-electron chi connectivity index (χ3n) is 2.78. The fraction of sp³-hybridized carbons (Fsp3) is 0.429. The summed E-state index contributed by atoms with van der Waals surface area (Å²) in [4.78, 5) is 23.0. The molecule has 0 aromatic heterocycles. The number of carbonyl (C=O) groups is 2. The van der Waals surface area contributed by atoms with Gasteiger partial charge in [-0.1, -0.05) is 44.2 Å². The smallest absolute Gasteiger partial charge is 0.278 e. The maximum atomic E-state index is 11.9. The van der Waals surface area contributed by atoms with Crippen LogP contribution in [-0.4, -0.2) is 17.9 Å². The fourth-order valence-corrected chi connectivity index (χ4v) is 1.86. The van der Waals surface area contributed by atoms with Crippen molar-refractivity contribution in [3.05, 3.63) is 35.9 Å². The number of hydrogen-bond acceptors (Lipinski definition) is 3. The maximum absolute atomic E-state index is 11.9. The van der Waals surface area contributed by atoms with Crippen molar-refractivity contribution in [3.63, 3.8) is 0 Å². The molecule has 5 nitrogen and oxygen atoms in total. The van der Waals surface area contributed by atoms with Gasteiger partial charge >= 0.3 is 0 Å². The normalized spacial score (nSPS) is 13.9. The summed E-state index contributed by atoms with van der Waals surface area (Å²) < 4.78 is 0. The van der Waals surface area contributed by atoms with E-state index in [0.29, 0.717) is 17.9 Å². The van der Waals surface area contributed by atoms with Crippen molar-refractivity contribution < 1.29 is 20.4 Å². The summed E-state index contributed by atoms with van der Waals surface area (Å²) in [5.74, 6) is -1.37. The van der Waals surface area contributed by atoms with Gasteiger partial charge in [-0.05, 0) is 11.5 Å². The van der Waals surface area contributed by atoms with Crippen LogP contribution in [0.25, 0.3) is 0 Å². The summed E-state index contributed by atoms with van der Waals surface area (Å²) >= 11 is 0. The van der Waals surface area contributed by atoms with Crippen molar-refractivity contribution in [3.8, 4) is 0 Å². The van der Waals surface area contributed by atoms with Gasteiger partial charge in [0, 0.05) is 6.42 Å². The number of rotatable bonds is 6. The highest BCUT2D eigenvalue weighted by Crippen LogP contribution is 2.12. The van der Waals surface area contributed by atoms with Gasteiger partial charge in [-0.25, -0.2) is 0 Å². The Bertz CT molecular complexity index is 432. The summed E-state index contributed by atoms with van der Waals surface area (Å²) in [5.41, 5.74) is 4.25. The molecule has 0 aliphatic rings. The zero-order valence-electron chi connectivity index (χ0n) is 11.3. The van der Waals surface area contributed by atoms with Crippen molar-refractivity contribution >= 4 is 11.9 Å². The average Bonchev–Trinajstić information content (AvgIpc) is 2.35. The maximum Gasteiger partial charge on any atom is 0.278 e. The molecule has 1 aromatic carbocycles. The predicted molar refractivity (Wildman–Crippen MR) is 68.5 cm³/mol. The number of benzene rings is 1. The molecule has 5 heteroatoms. The standard InChI is InChI=1S/C14H20N2O3/c1-9(2)8-11(15)13(17)16-12(14(18)19)10-6-4-3-5-7-10/h3-7,9,11-12H,8,15H2,1-2H3,(H,16,17)(H,18,19)/t11-,12-/m0/s1. The first kappa shape index (κ1) is 15.2. The van der Waals surface area contributed by atoms with Gasteiger partial charge in [0.2, 0.25) is 0 Å². The lowest BCUT2D eigenvalue weighted by Crippen LogP contribution is -2.68. The van der Waals surface area contributed by atoms with Crippen LogP contribution in [0, 0.1) is 5.92 Å². The Morgan fingerprint density at radius 2 is 1.84 bits per heavy atom. The summed E-state index contributed by atoms with van der Waals surface area (Å²) in [6.45, 7) is 3.97. The Balaban J connectivity index is 2.75. The first-order chi connectivity index (χ1) is 8.91. The molecule has 0 aliphatic heterocycles. The van der Waals surface area contributed by atoms with Gasteiger partial charge in [0.25, 0.3) is 5.91 Å². The highest BCUT2D eigenvalue weighted by Gasteiger charge is 2.23. The minimum Gasteiger partial charge on any atom is -0.548 e. The van der Waals surface area contributed by atoms with E-state index in [1.807, 2.05) is 13.8 Å². The van der Waals surface area contributed by atoms with Crippen LogP contribution in [0.5, 0.6) is 0 Å². The van der Waals surface area contributed by atoms with E-state index in [9.17, 15) is 14.7 Å². The Kier molecular flexibility index (Phi) is 5.51. The molecule has 0 spiro atoms. The number of hydrogen-bond donors (Lipinski definition) is 2. The summed E-state index contributed by atoms with van der Waals surface area (Å²) in [6.07, 6.45) is 0.611. The lowest BCUT2D eigenvalue weighted by Gasteiger charge is -2.21. The second-order valence-corrected chi connectivity index (χ2v) is 5.00. The monoisotopic (exact) mass is 264 g/mol. The van der Waals surface area contributed by atoms with Crippen molar-refractivity contribution in [2.45, 2.75) is 32.4 Å². The van der Waals surface area contributed by atoms with Gasteiger partial charge in [-0.2, -0.15) is 0 Å². The molecule has 0 saturated carbocycles. The van der Waals surface area contributed by atoms with E-state index in [1.54, 1.807) is 30.3 Å². The number of carbonyl (C=O) groups excluding carboxylic acids is 2. The summed E-state index contributed by atoms with van der Waals surface area (Å²) in [5, 5.41) is 13.6. The fourth-order valence-electron chi connectivity index (χ4n) is 1.86. The largest absolute Gasteiger partial charge is 0.548 e. The quantitative estimate of drug-likeness (QED) is 0.707. The molecule has 1 amide bonds. The molecule has 19 heavy (non-hydrogen) atoms. The van der Waals surface area contributed by atoms with Crippen LogP contribution < -0.4 is 16.2 Å². The minimum absolute atomic E-state index is 0.325. The molecule has 4 N–H and O–H groups in total. The number of carboxylic acid groups (broad SMARTS) is 1. The van der Waals surface area contributed by atoms with Crippen LogP contribution >= 0.6 is 0 Å². The van der Waals surface area contributed by atoms with Crippen LogP contribution in [0.1, 0.15) is 31.9 Å². The Labute approximate surface area is 112 Å². The van der Waals surface area contributed by atoms with E-state index >= 15 is 0 Å². The number of carboxylic acids is 1. The molecule has 2 atom stereocenters. The third-order valence-corrected chi connectivity index (χ3v) is 2.78. The Morgan fingerprint density at radius 3 is 2.32 bits per heavy atom. The topological polar surface area (TPSA) is 96.9 Å². The van der Waals surface area contributed by atoms with Crippen LogP contribution in [0.3, 0.4) is 0 Å². The zero-order chi connectivity index (χ0) is 14.4. The second-order valence-electron chi connectivity index (χ2n) is 5.00. The van der Waals surface area contributed by atoms with Gasteiger partial charge in [0.05, 0.1) is 12.0 Å². The van der Waals surface area contributed by atoms with Gasteiger partial charge in [0.1, 0.15) is 0 Å². The molecular formula is C14H20N2O3. The highest BCUT2D eigenvalue weighted by molar-refractivity contribution is 5.86. The summed E-state index contributed by atoms with van der Waals surface area (Å²) in [7, 11) is 0. The van der Waals surface area contributed by atoms with Gasteiger partial charge in [0.15, 0.2) is 6.04 Å². The first-order valence-corrected chi connectivity index (χ1v) is 6.31. The lowest BCUT2D eigenvalue weighted by molar-refractivity contribution is -0.406. The van der Waals surface area contributed by atoms with E-state index in [2.05, 4.69) is 11.1 Å². The van der Waals surface area contributed by atoms with Crippen LogP contribution in [0.2, 0.25) is 0 Å². The molecule has 0 fully saturated rings. The van der Waals surface area contributed by atoms with Crippen molar-refractivity contribution in [2.24, 2.45) is 5.92 Å². The van der Waals surface area contributed by atoms with E-state index in [4.69, 9.17) is 0 Å². The van der Waals surface area contributed by atoms with E-state index in [1.165, 1.54) is 0 Å². The second kappa shape index (κ2) is 6.89. The average molecular weight is 264 g/mol. The van der Waals surface area contributed by atoms with E-state index in [-0.39, 0.29) is 5.91 Å². The van der Waals surface area contributed by atoms with Crippen molar-refractivity contribution in [1.29, 1.82) is 0 Å². The first-order valence-electron chi connectivity index (χ1n) is 6.31. The number of aliphatic carboxylic acids is 1. The Morgan fingerprint density at radius 1 is 1.26 bits per heavy atom. The molecule has 1 aromatic rings. The number of quaternary nitrogens is 1. The van der Waals surface area contributed by atoms with Crippen LogP contribution in [0.4, 0.5) is 0 Å². The SMILES string of the molecule is CC(C)C[C@H]([NH3+])C(=O)N[C@H](C(=O)[O-])c1ccccc1. The number of amides is 1. The minimum atomic E-state index is -1.32. The van der Waals surface area contributed by atoms with Crippen LogP contribution in [-0.2, 0) is 9.59 Å². The van der Waals surface area contributed by atoms with Crippen molar-refractivity contribution in [1.82, 2.24) is 5.32 Å². The summed E-state index contributed by atoms with van der Waals surface area (Å²) in [6, 6.07) is 6.89. The predicted octanol–water partition coefficient (Wildman–Crippen LogP) is -0.750. The molecular weight excluding hydrogens is 244 g/mol. The molecule has 0 heterocycles. The highest BCUT2D eigenvalue weighted by atomic mass is 16.4. The van der Waals surface area contributed by atoms with E-state index in [0.717, 1.165) is 0 Å². The van der Waals surface area contributed by atoms with Crippen LogP contribution in [0.15, 0.2) is 30.3 Å². The van der Waals surface area contributed by atoms with Gasteiger partial charge in [-0.15, -0.1) is 0 Å². The molecule has 0 radical (unpaired) electrons. The zero-order valence-corrected chi connectivity index (χ0v) is 11.3. The van der Waals surface area contributed by atoms with Crippen molar-refractivity contribution in [2.75, 3.05) is 0 Å². The molecule has 0 bridgehead atoms. The van der Waals surface area contributed by atoms with Gasteiger partial charge < -0.3 is 21.0 Å². The molecule has 1 rings (SSSR count). The third kappa shape index (κ3) is 4.71. The molecule has 104 valence electrons. The molecule has 0 unspecified atom stereocenters. The lowest BCUT2D eigenvalue weighted by atomic mass is 10.0. The Hall–Kier alpha value is -1.88. The molecule has 0 saturated heterocycles.